The predicted octanol–water partition coefficient (Wildman–Crippen LogP) is 3.39. The monoisotopic (exact) mass is 527 g/mol. The largest absolute Gasteiger partial charge is 0.454 e. The number of pyridine rings is 1. The Morgan fingerprint density at radius 2 is 1.76 bits per heavy atom. The van der Waals surface area contributed by atoms with Crippen molar-refractivity contribution in [3.05, 3.63) is 77.7 Å². The number of likely N-dealkylation sites (N-methyl/N-ethyl adjacent to an activating group) is 1. The van der Waals surface area contributed by atoms with Crippen molar-refractivity contribution in [3.8, 4) is 11.5 Å². The van der Waals surface area contributed by atoms with E-state index in [0.29, 0.717) is 0 Å². The van der Waals surface area contributed by atoms with Gasteiger partial charge in [0.1, 0.15) is 28.6 Å². The number of primary amides is 1. The number of anilines is 2. The number of ether oxygens (including phenoxy) is 1. The number of benzene rings is 2. The molecule has 3 aromatic rings. The van der Waals surface area contributed by atoms with Crippen molar-refractivity contribution in [1.82, 2.24) is 9.88 Å². The second-order valence-electron chi connectivity index (χ2n) is 9.12. The molecule has 9 nitrogen and oxygen atoms in total. The molecule has 12 heteroatoms. The van der Waals surface area contributed by atoms with E-state index in [-0.39, 0.29) is 41.7 Å². The highest BCUT2D eigenvalue weighted by atomic mass is 19.1. The summed E-state index contributed by atoms with van der Waals surface area (Å²) in [6.45, 7) is 0.115. The highest BCUT2D eigenvalue weighted by Crippen LogP contribution is 2.60. The normalized spacial score (nSPS) is 18.1. The molecule has 1 saturated carbocycles. The smallest absolute Gasteiger partial charge is 0.240 e. The summed E-state index contributed by atoms with van der Waals surface area (Å²) in [5, 5.41) is 5.04. The summed E-state index contributed by atoms with van der Waals surface area (Å²) >= 11 is 0. The third-order valence-electron chi connectivity index (χ3n) is 6.02. The standard InChI is InChI=1S/C26H24F3N5O4/c1-34(2)13-23(35)33-22-9-16(7-8-31-22)38-21-11-19(28)17(10-20(21)29)18-12-26(18,24(30)36)25(37)32-15-5-3-14(27)4-6-15/h3-11,18H,12-13H2,1-2H3,(H2,30,36)(H,32,37)(H,31,33,35). The summed E-state index contributed by atoms with van der Waals surface area (Å²) < 4.78 is 48.7. The van der Waals surface area contributed by atoms with E-state index in [1.54, 1.807) is 19.0 Å². The Balaban J connectivity index is 1.51. The molecule has 1 aliphatic rings. The van der Waals surface area contributed by atoms with Gasteiger partial charge in [-0.1, -0.05) is 0 Å². The van der Waals surface area contributed by atoms with Crippen LogP contribution in [0.1, 0.15) is 17.9 Å². The Morgan fingerprint density at radius 3 is 2.42 bits per heavy atom. The zero-order chi connectivity index (χ0) is 27.6. The number of carbonyl (C=O) groups excluding carboxylic acids is 3. The first-order valence-electron chi connectivity index (χ1n) is 11.4. The first-order chi connectivity index (χ1) is 18.0. The van der Waals surface area contributed by atoms with Gasteiger partial charge in [-0.15, -0.1) is 0 Å². The fourth-order valence-electron chi connectivity index (χ4n) is 4.08. The van der Waals surface area contributed by atoms with Crippen LogP contribution in [-0.2, 0) is 14.4 Å². The lowest BCUT2D eigenvalue weighted by Crippen LogP contribution is -2.37. The van der Waals surface area contributed by atoms with E-state index in [1.807, 2.05) is 0 Å². The molecule has 2 aromatic carbocycles. The molecule has 38 heavy (non-hydrogen) atoms. The number of nitrogens with one attached hydrogen (secondary N) is 2. The summed E-state index contributed by atoms with van der Waals surface area (Å²) in [4.78, 5) is 42.7. The number of hydrogen-bond donors (Lipinski definition) is 3. The van der Waals surface area contributed by atoms with Crippen molar-refractivity contribution in [2.45, 2.75) is 12.3 Å². The lowest BCUT2D eigenvalue weighted by Gasteiger charge is -2.15. The van der Waals surface area contributed by atoms with Gasteiger partial charge >= 0.3 is 0 Å². The minimum Gasteiger partial charge on any atom is -0.454 e. The van der Waals surface area contributed by atoms with Crippen LogP contribution in [-0.4, -0.2) is 48.2 Å². The summed E-state index contributed by atoms with van der Waals surface area (Å²) in [6.07, 6.45) is 1.20. The fraction of sp³-hybridized carbons (Fsp3) is 0.231. The van der Waals surface area contributed by atoms with E-state index < -0.39 is 46.3 Å². The van der Waals surface area contributed by atoms with Crippen molar-refractivity contribution in [2.75, 3.05) is 31.3 Å². The number of amides is 3. The molecular formula is C26H24F3N5O4. The van der Waals surface area contributed by atoms with Crippen molar-refractivity contribution in [3.63, 3.8) is 0 Å². The summed E-state index contributed by atoms with van der Waals surface area (Å²) in [6, 6.07) is 9.23. The van der Waals surface area contributed by atoms with Crippen LogP contribution in [0, 0.1) is 22.9 Å². The summed E-state index contributed by atoms with van der Waals surface area (Å²) in [5.74, 6) is -5.72. The van der Waals surface area contributed by atoms with Gasteiger partial charge in [0.25, 0.3) is 0 Å². The lowest BCUT2D eigenvalue weighted by molar-refractivity contribution is -0.132. The molecule has 1 fully saturated rings. The Morgan fingerprint density at radius 1 is 1.05 bits per heavy atom. The first-order valence-corrected chi connectivity index (χ1v) is 11.4. The second-order valence-corrected chi connectivity index (χ2v) is 9.12. The minimum absolute atomic E-state index is 0.0859. The topological polar surface area (TPSA) is 127 Å². The number of aromatic nitrogens is 1. The van der Waals surface area contributed by atoms with Gasteiger partial charge in [0, 0.05) is 29.9 Å². The van der Waals surface area contributed by atoms with Crippen LogP contribution in [0.2, 0.25) is 0 Å². The molecule has 1 aromatic heterocycles. The van der Waals surface area contributed by atoms with Crippen LogP contribution in [0.25, 0.3) is 0 Å². The minimum atomic E-state index is -1.80. The van der Waals surface area contributed by atoms with Crippen molar-refractivity contribution < 1.29 is 32.3 Å². The van der Waals surface area contributed by atoms with Crippen LogP contribution in [0.4, 0.5) is 24.7 Å². The van der Waals surface area contributed by atoms with E-state index in [2.05, 4.69) is 15.6 Å². The number of nitrogens with two attached hydrogens (primary N) is 1. The first kappa shape index (κ1) is 26.6. The molecule has 2 unspecified atom stereocenters. The van der Waals surface area contributed by atoms with E-state index in [0.717, 1.165) is 24.3 Å². The maximum Gasteiger partial charge on any atom is 0.240 e. The number of hydrogen-bond acceptors (Lipinski definition) is 6. The van der Waals surface area contributed by atoms with Gasteiger partial charge in [0.05, 0.1) is 6.54 Å². The maximum atomic E-state index is 15.1. The van der Waals surface area contributed by atoms with E-state index in [4.69, 9.17) is 10.5 Å². The molecule has 0 bridgehead atoms. The van der Waals surface area contributed by atoms with Crippen LogP contribution in [0.3, 0.4) is 0 Å². The number of carbonyl (C=O) groups is 3. The Kier molecular flexibility index (Phi) is 7.35. The molecule has 2 atom stereocenters. The summed E-state index contributed by atoms with van der Waals surface area (Å²) in [7, 11) is 3.45. The third kappa shape index (κ3) is 5.59. The Hall–Kier alpha value is -4.45. The number of halogens is 3. The van der Waals surface area contributed by atoms with Gasteiger partial charge in [0.15, 0.2) is 11.6 Å². The molecule has 0 saturated heterocycles. The van der Waals surface area contributed by atoms with E-state index >= 15 is 4.39 Å². The van der Waals surface area contributed by atoms with Crippen molar-refractivity contribution in [2.24, 2.45) is 11.1 Å². The SMILES string of the molecule is CN(C)CC(=O)Nc1cc(Oc2cc(F)c(C3CC3(C(N)=O)C(=O)Nc3ccc(F)cc3)cc2F)ccn1. The van der Waals surface area contributed by atoms with Gasteiger partial charge in [0.2, 0.25) is 17.7 Å². The molecule has 4 N–H and O–H groups in total. The average Bonchev–Trinajstić information content (AvgIpc) is 3.59. The zero-order valence-corrected chi connectivity index (χ0v) is 20.4. The molecule has 0 aliphatic heterocycles. The van der Waals surface area contributed by atoms with Gasteiger partial charge in [-0.3, -0.25) is 14.4 Å². The van der Waals surface area contributed by atoms with Crippen LogP contribution in [0.5, 0.6) is 11.5 Å². The molecule has 0 spiro atoms. The Labute approximate surface area is 215 Å². The molecule has 1 aliphatic carbocycles. The average molecular weight is 528 g/mol. The predicted molar refractivity (Wildman–Crippen MR) is 132 cm³/mol. The number of nitrogens with zero attached hydrogens (tertiary/aromatic N) is 2. The van der Waals surface area contributed by atoms with E-state index in [9.17, 15) is 23.2 Å². The molecule has 1 heterocycles. The van der Waals surface area contributed by atoms with Crippen LogP contribution in [0.15, 0.2) is 54.7 Å². The molecule has 4 rings (SSSR count). The maximum absolute atomic E-state index is 15.1. The zero-order valence-electron chi connectivity index (χ0n) is 20.4. The molecule has 0 radical (unpaired) electrons. The quantitative estimate of drug-likeness (QED) is 0.366. The highest BCUT2D eigenvalue weighted by molar-refractivity contribution is 6.14. The second kappa shape index (κ2) is 10.5. The highest BCUT2D eigenvalue weighted by Gasteiger charge is 2.66. The van der Waals surface area contributed by atoms with E-state index in [1.165, 1.54) is 30.5 Å². The Bertz CT molecular complexity index is 1400. The van der Waals surface area contributed by atoms with Gasteiger partial charge in [-0.25, -0.2) is 18.2 Å². The van der Waals surface area contributed by atoms with Crippen LogP contribution >= 0.6 is 0 Å². The van der Waals surface area contributed by atoms with Crippen LogP contribution < -0.4 is 21.1 Å². The van der Waals surface area contributed by atoms with Gasteiger partial charge in [-0.05, 0) is 62.5 Å². The van der Waals surface area contributed by atoms with Gasteiger partial charge < -0.3 is 26.0 Å². The summed E-state index contributed by atoms with van der Waals surface area (Å²) in [5.41, 5.74) is 3.70. The third-order valence-corrected chi connectivity index (χ3v) is 6.02. The molecule has 3 amide bonds. The van der Waals surface area contributed by atoms with Gasteiger partial charge in [-0.2, -0.15) is 0 Å². The number of rotatable bonds is 9. The fourth-order valence-corrected chi connectivity index (χ4v) is 4.08. The molecule has 198 valence electrons. The van der Waals surface area contributed by atoms with Crippen molar-refractivity contribution in [1.29, 1.82) is 0 Å². The lowest BCUT2D eigenvalue weighted by atomic mass is 9.96. The van der Waals surface area contributed by atoms with Crippen molar-refractivity contribution >= 4 is 29.2 Å². The molecular weight excluding hydrogens is 503 g/mol.